The summed E-state index contributed by atoms with van der Waals surface area (Å²) in [6.07, 6.45) is -2.95. The number of hydrogen-bond acceptors (Lipinski definition) is 4. The number of rotatable bonds is 2. The maximum Gasteiger partial charge on any atom is 0.433 e. The van der Waals surface area contributed by atoms with Crippen molar-refractivity contribution in [1.29, 1.82) is 0 Å². The summed E-state index contributed by atoms with van der Waals surface area (Å²) in [5, 5.41) is 7.73. The number of hydrogen-bond donors (Lipinski definition) is 2. The monoisotopic (exact) mass is 328 g/mol. The molecule has 0 unspecified atom stereocenters. The van der Waals surface area contributed by atoms with Gasteiger partial charge in [-0.1, -0.05) is 0 Å². The molecule has 23 heavy (non-hydrogen) atoms. The van der Waals surface area contributed by atoms with Crippen LogP contribution in [0.1, 0.15) is 26.5 Å². The fraction of sp³-hybridized carbons (Fsp3) is 0.357. The van der Waals surface area contributed by atoms with Gasteiger partial charge in [-0.3, -0.25) is 10.4 Å². The second-order valence-corrected chi connectivity index (χ2v) is 5.71. The maximum absolute atomic E-state index is 12.9. The van der Waals surface area contributed by atoms with Gasteiger partial charge in [-0.25, -0.2) is 9.78 Å². The molecule has 2 aromatic rings. The SMILES string of the molecule is CC(C)(C)OC(=O)Nc1cc(-c2cn[nH]c2C(F)(F)F)ccn1. The van der Waals surface area contributed by atoms with Gasteiger partial charge < -0.3 is 4.74 Å². The lowest BCUT2D eigenvalue weighted by molar-refractivity contribution is -0.140. The number of nitrogens with zero attached hydrogens (tertiary/aromatic N) is 2. The Hall–Kier alpha value is -2.58. The van der Waals surface area contributed by atoms with Gasteiger partial charge in [0.1, 0.15) is 17.1 Å². The van der Waals surface area contributed by atoms with Gasteiger partial charge >= 0.3 is 12.3 Å². The third-order valence-electron chi connectivity index (χ3n) is 2.62. The van der Waals surface area contributed by atoms with Crippen LogP contribution >= 0.6 is 0 Å². The highest BCUT2D eigenvalue weighted by molar-refractivity contribution is 5.84. The second kappa shape index (κ2) is 5.90. The van der Waals surface area contributed by atoms with Crippen LogP contribution in [0.2, 0.25) is 0 Å². The largest absolute Gasteiger partial charge is 0.444 e. The topological polar surface area (TPSA) is 79.9 Å². The van der Waals surface area contributed by atoms with E-state index in [-0.39, 0.29) is 16.9 Å². The van der Waals surface area contributed by atoms with Gasteiger partial charge in [0.05, 0.1) is 6.20 Å². The molecule has 2 heterocycles. The van der Waals surface area contributed by atoms with E-state index in [9.17, 15) is 18.0 Å². The Morgan fingerprint density at radius 3 is 2.61 bits per heavy atom. The second-order valence-electron chi connectivity index (χ2n) is 5.71. The Labute approximate surface area is 130 Å². The average molecular weight is 328 g/mol. The zero-order chi connectivity index (χ0) is 17.3. The van der Waals surface area contributed by atoms with Gasteiger partial charge in [-0.15, -0.1) is 0 Å². The standard InChI is InChI=1S/C14H15F3N4O2/c1-13(2,3)23-12(22)20-10-6-8(4-5-18-10)9-7-19-21-11(9)14(15,16)17/h4-7H,1-3H3,(H,19,21)(H,18,20,22). The van der Waals surface area contributed by atoms with Crippen LogP contribution in [-0.2, 0) is 10.9 Å². The van der Waals surface area contributed by atoms with Crippen LogP contribution in [-0.4, -0.2) is 26.9 Å². The molecular formula is C14H15F3N4O2. The van der Waals surface area contributed by atoms with E-state index in [1.807, 2.05) is 5.10 Å². The zero-order valence-corrected chi connectivity index (χ0v) is 12.7. The van der Waals surface area contributed by atoms with Crippen LogP contribution in [0.4, 0.5) is 23.8 Å². The van der Waals surface area contributed by atoms with Crippen molar-refractivity contribution < 1.29 is 22.7 Å². The fourth-order valence-corrected chi connectivity index (χ4v) is 1.80. The highest BCUT2D eigenvalue weighted by Crippen LogP contribution is 2.35. The third kappa shape index (κ3) is 4.44. The molecule has 2 N–H and O–H groups in total. The van der Waals surface area contributed by atoms with Crippen molar-refractivity contribution in [1.82, 2.24) is 15.2 Å². The van der Waals surface area contributed by atoms with Crippen LogP contribution in [0.3, 0.4) is 0 Å². The first kappa shape index (κ1) is 16.8. The number of aromatic nitrogens is 3. The smallest absolute Gasteiger partial charge is 0.433 e. The first-order chi connectivity index (χ1) is 10.6. The molecule has 2 aromatic heterocycles. The first-order valence-corrected chi connectivity index (χ1v) is 6.63. The summed E-state index contributed by atoms with van der Waals surface area (Å²) in [5.41, 5.74) is -1.58. The number of pyridine rings is 1. The Kier molecular flexibility index (Phi) is 4.31. The lowest BCUT2D eigenvalue weighted by Crippen LogP contribution is -2.27. The Morgan fingerprint density at radius 1 is 1.30 bits per heavy atom. The highest BCUT2D eigenvalue weighted by atomic mass is 19.4. The van der Waals surface area contributed by atoms with E-state index in [1.165, 1.54) is 18.3 Å². The van der Waals surface area contributed by atoms with Crippen molar-refractivity contribution in [2.24, 2.45) is 0 Å². The zero-order valence-electron chi connectivity index (χ0n) is 12.7. The molecular weight excluding hydrogens is 313 g/mol. The van der Waals surface area contributed by atoms with Crippen molar-refractivity contribution in [3.05, 3.63) is 30.2 Å². The normalized spacial score (nSPS) is 12.1. The number of anilines is 1. The van der Waals surface area contributed by atoms with Crippen molar-refractivity contribution in [2.45, 2.75) is 32.5 Å². The van der Waals surface area contributed by atoms with Gasteiger partial charge in [0.25, 0.3) is 0 Å². The molecule has 2 rings (SSSR count). The van der Waals surface area contributed by atoms with E-state index in [2.05, 4.69) is 15.4 Å². The molecule has 0 radical (unpaired) electrons. The molecule has 0 atom stereocenters. The molecule has 0 aliphatic carbocycles. The van der Waals surface area contributed by atoms with Crippen LogP contribution < -0.4 is 5.32 Å². The number of carbonyl (C=O) groups is 1. The van der Waals surface area contributed by atoms with Gasteiger partial charge in [0.2, 0.25) is 0 Å². The number of amides is 1. The summed E-state index contributed by atoms with van der Waals surface area (Å²) in [7, 11) is 0. The molecule has 1 amide bonds. The van der Waals surface area contributed by atoms with Crippen LogP contribution in [0.5, 0.6) is 0 Å². The maximum atomic E-state index is 12.9. The predicted octanol–water partition coefficient (Wildman–Crippen LogP) is 3.84. The highest BCUT2D eigenvalue weighted by Gasteiger charge is 2.36. The van der Waals surface area contributed by atoms with Gasteiger partial charge in [0.15, 0.2) is 0 Å². The summed E-state index contributed by atoms with van der Waals surface area (Å²) < 4.78 is 43.7. The van der Waals surface area contributed by atoms with E-state index in [4.69, 9.17) is 4.74 Å². The summed E-state index contributed by atoms with van der Waals surface area (Å²) in [6.45, 7) is 5.08. The number of aromatic amines is 1. The van der Waals surface area contributed by atoms with E-state index in [0.29, 0.717) is 0 Å². The van der Waals surface area contributed by atoms with Crippen molar-refractivity contribution in [2.75, 3.05) is 5.32 Å². The van der Waals surface area contributed by atoms with E-state index < -0.39 is 23.6 Å². The molecule has 6 nitrogen and oxygen atoms in total. The number of H-pyrrole nitrogens is 1. The summed E-state index contributed by atoms with van der Waals surface area (Å²) >= 11 is 0. The number of carbonyl (C=O) groups excluding carboxylic acids is 1. The molecule has 0 aliphatic heterocycles. The first-order valence-electron chi connectivity index (χ1n) is 6.63. The number of nitrogens with one attached hydrogen (secondary N) is 2. The fourth-order valence-electron chi connectivity index (χ4n) is 1.80. The lowest BCUT2D eigenvalue weighted by Gasteiger charge is -2.19. The minimum absolute atomic E-state index is 0.0751. The average Bonchev–Trinajstić information content (AvgIpc) is 2.85. The molecule has 124 valence electrons. The van der Waals surface area contributed by atoms with Crippen LogP contribution in [0.25, 0.3) is 11.1 Å². The van der Waals surface area contributed by atoms with Gasteiger partial charge in [-0.2, -0.15) is 18.3 Å². The minimum atomic E-state index is -4.56. The van der Waals surface area contributed by atoms with Crippen molar-refractivity contribution in [3.63, 3.8) is 0 Å². The van der Waals surface area contributed by atoms with E-state index in [1.54, 1.807) is 20.8 Å². The van der Waals surface area contributed by atoms with Crippen molar-refractivity contribution in [3.8, 4) is 11.1 Å². The summed E-state index contributed by atoms with van der Waals surface area (Å²) in [6, 6.07) is 2.70. The number of alkyl halides is 3. The molecule has 0 fully saturated rings. The summed E-state index contributed by atoms with van der Waals surface area (Å²) in [5.74, 6) is 0.0751. The predicted molar refractivity (Wildman–Crippen MR) is 76.7 cm³/mol. The molecule has 0 spiro atoms. The van der Waals surface area contributed by atoms with Gasteiger partial charge in [0, 0.05) is 11.8 Å². The molecule has 0 bridgehead atoms. The number of halogens is 3. The third-order valence-corrected chi connectivity index (χ3v) is 2.62. The van der Waals surface area contributed by atoms with Crippen LogP contribution in [0, 0.1) is 0 Å². The van der Waals surface area contributed by atoms with Crippen molar-refractivity contribution >= 4 is 11.9 Å². The van der Waals surface area contributed by atoms with E-state index in [0.717, 1.165) is 6.20 Å². The molecule has 0 saturated heterocycles. The molecule has 0 aromatic carbocycles. The number of ether oxygens (including phenoxy) is 1. The molecule has 0 aliphatic rings. The minimum Gasteiger partial charge on any atom is -0.444 e. The van der Waals surface area contributed by atoms with Crippen LogP contribution in [0.15, 0.2) is 24.5 Å². The summed E-state index contributed by atoms with van der Waals surface area (Å²) in [4.78, 5) is 15.6. The molecule has 9 heteroatoms. The van der Waals surface area contributed by atoms with Gasteiger partial charge in [-0.05, 0) is 38.5 Å². The quantitative estimate of drug-likeness (QED) is 0.878. The Morgan fingerprint density at radius 2 is 2.00 bits per heavy atom. The van der Waals surface area contributed by atoms with E-state index >= 15 is 0 Å². The molecule has 0 saturated carbocycles. The lowest BCUT2D eigenvalue weighted by atomic mass is 10.1. The Bertz CT molecular complexity index is 705. The Balaban J connectivity index is 2.25.